The molecule has 0 amide bonds. The van der Waals surface area contributed by atoms with Crippen LogP contribution in [0.4, 0.5) is 4.39 Å². The standard InChI is InChI=1S/C8H8FIO/c1-2-6-3-4-7(11)8(9,10)5-6/h3-5H,2H2,1H3. The van der Waals surface area contributed by atoms with Crippen LogP contribution >= 0.6 is 22.6 Å². The largest absolute Gasteiger partial charge is 0.290 e. The van der Waals surface area contributed by atoms with Crippen molar-refractivity contribution >= 4 is 28.4 Å². The van der Waals surface area contributed by atoms with Crippen LogP contribution in [-0.2, 0) is 4.79 Å². The Bertz CT molecular complexity index is 240. The van der Waals surface area contributed by atoms with E-state index in [1.54, 1.807) is 6.08 Å². The number of alkyl halides is 2. The Morgan fingerprint density at radius 2 is 2.27 bits per heavy atom. The van der Waals surface area contributed by atoms with E-state index in [1.807, 2.05) is 6.92 Å². The van der Waals surface area contributed by atoms with Crippen molar-refractivity contribution < 1.29 is 9.18 Å². The first-order chi connectivity index (χ1) is 5.06. The summed E-state index contributed by atoms with van der Waals surface area (Å²) in [6.07, 6.45) is 5.10. The predicted octanol–water partition coefficient (Wildman–Crippen LogP) is 2.56. The molecule has 0 bridgehead atoms. The highest BCUT2D eigenvalue weighted by Crippen LogP contribution is 2.30. The fourth-order valence-electron chi connectivity index (χ4n) is 0.866. The molecule has 0 aromatic heterocycles. The van der Waals surface area contributed by atoms with Crippen molar-refractivity contribution in [1.29, 1.82) is 0 Å². The van der Waals surface area contributed by atoms with E-state index in [0.29, 0.717) is 0 Å². The van der Waals surface area contributed by atoms with E-state index >= 15 is 0 Å². The van der Waals surface area contributed by atoms with Crippen LogP contribution in [-0.4, -0.2) is 9.46 Å². The van der Waals surface area contributed by atoms with Crippen LogP contribution in [0.25, 0.3) is 0 Å². The molecule has 1 aliphatic carbocycles. The average molecular weight is 266 g/mol. The normalized spacial score (nSPS) is 30.5. The number of hydrogen-bond acceptors (Lipinski definition) is 1. The van der Waals surface area contributed by atoms with E-state index in [4.69, 9.17) is 0 Å². The van der Waals surface area contributed by atoms with Crippen LogP contribution < -0.4 is 0 Å². The van der Waals surface area contributed by atoms with Crippen LogP contribution in [0.1, 0.15) is 13.3 Å². The van der Waals surface area contributed by atoms with Gasteiger partial charge in [0, 0.05) is 0 Å². The highest BCUT2D eigenvalue weighted by Gasteiger charge is 2.32. The maximum Gasteiger partial charge on any atom is 0.241 e. The van der Waals surface area contributed by atoms with Crippen molar-refractivity contribution in [1.82, 2.24) is 0 Å². The zero-order chi connectivity index (χ0) is 8.48. The number of hydrogen-bond donors (Lipinski definition) is 0. The van der Waals surface area contributed by atoms with Gasteiger partial charge in [-0.2, -0.15) is 0 Å². The summed E-state index contributed by atoms with van der Waals surface area (Å²) in [6.45, 7) is 1.93. The van der Waals surface area contributed by atoms with Gasteiger partial charge in [0.25, 0.3) is 0 Å². The molecule has 0 aromatic carbocycles. The molecular weight excluding hydrogens is 258 g/mol. The van der Waals surface area contributed by atoms with E-state index in [1.165, 1.54) is 34.7 Å². The Hall–Kier alpha value is -0.190. The van der Waals surface area contributed by atoms with Gasteiger partial charge in [0.1, 0.15) is 0 Å². The molecule has 0 heterocycles. The lowest BCUT2D eigenvalue weighted by Crippen LogP contribution is -2.24. The first-order valence-electron chi connectivity index (χ1n) is 3.38. The predicted molar refractivity (Wildman–Crippen MR) is 50.4 cm³/mol. The summed E-state index contributed by atoms with van der Waals surface area (Å²) in [5.74, 6) is -0.477. The molecule has 0 N–H and O–H groups in total. The molecular formula is C8H8FIO. The second-order valence-corrected chi connectivity index (χ2v) is 3.96. The molecule has 11 heavy (non-hydrogen) atoms. The highest BCUT2D eigenvalue weighted by molar-refractivity contribution is 14.1. The quantitative estimate of drug-likeness (QED) is 0.526. The van der Waals surface area contributed by atoms with Crippen molar-refractivity contribution in [2.45, 2.75) is 17.0 Å². The molecule has 1 unspecified atom stereocenters. The maximum absolute atomic E-state index is 13.2. The van der Waals surface area contributed by atoms with Crippen molar-refractivity contribution in [2.75, 3.05) is 0 Å². The van der Waals surface area contributed by atoms with Crippen LogP contribution in [0.3, 0.4) is 0 Å². The number of allylic oxidation sites excluding steroid dienone is 4. The molecule has 0 saturated heterocycles. The smallest absolute Gasteiger partial charge is 0.241 e. The maximum atomic E-state index is 13.2. The lowest BCUT2D eigenvalue weighted by Gasteiger charge is -2.15. The van der Waals surface area contributed by atoms with E-state index in [2.05, 4.69) is 0 Å². The molecule has 3 heteroatoms. The van der Waals surface area contributed by atoms with Crippen molar-refractivity contribution in [2.24, 2.45) is 0 Å². The molecule has 0 spiro atoms. The van der Waals surface area contributed by atoms with E-state index in [9.17, 15) is 9.18 Å². The van der Waals surface area contributed by atoms with Gasteiger partial charge in [-0.1, -0.05) is 13.0 Å². The lowest BCUT2D eigenvalue weighted by molar-refractivity contribution is -0.118. The SMILES string of the molecule is CCC1=CC(F)(I)C(=O)C=C1. The summed E-state index contributed by atoms with van der Waals surface area (Å²) in [5.41, 5.74) is 0.876. The Balaban J connectivity index is 2.93. The van der Waals surface area contributed by atoms with Crippen LogP contribution in [0, 0.1) is 0 Å². The number of ketones is 1. The van der Waals surface area contributed by atoms with Crippen LogP contribution in [0.5, 0.6) is 0 Å². The van der Waals surface area contributed by atoms with Crippen molar-refractivity contribution in [3.8, 4) is 0 Å². The third kappa shape index (κ3) is 1.89. The average Bonchev–Trinajstić information content (AvgIpc) is 1.95. The summed E-state index contributed by atoms with van der Waals surface area (Å²) < 4.78 is 11.4. The number of carbonyl (C=O) groups excluding carboxylic acids is 1. The van der Waals surface area contributed by atoms with Crippen molar-refractivity contribution in [3.05, 3.63) is 23.8 Å². The summed E-state index contributed by atoms with van der Waals surface area (Å²) in [4.78, 5) is 10.9. The van der Waals surface area contributed by atoms with Gasteiger partial charge in [-0.05, 0) is 46.7 Å². The van der Waals surface area contributed by atoms with Gasteiger partial charge in [0.05, 0.1) is 0 Å². The Labute approximate surface area is 78.5 Å². The fraction of sp³-hybridized carbons (Fsp3) is 0.375. The van der Waals surface area contributed by atoms with Crippen LogP contribution in [0.2, 0.25) is 0 Å². The Kier molecular flexibility index (Phi) is 2.47. The molecule has 1 rings (SSSR count). The molecule has 0 fully saturated rings. The Morgan fingerprint density at radius 3 is 2.73 bits per heavy atom. The summed E-state index contributed by atoms with van der Waals surface area (Å²) >= 11 is 1.51. The van der Waals surface area contributed by atoms with Crippen molar-refractivity contribution in [3.63, 3.8) is 0 Å². The first kappa shape index (κ1) is 8.90. The first-order valence-corrected chi connectivity index (χ1v) is 4.46. The summed E-state index contributed by atoms with van der Waals surface area (Å²) in [7, 11) is 0. The molecule has 0 aromatic rings. The molecule has 0 saturated carbocycles. The minimum absolute atomic E-state index is 0.477. The number of carbonyl (C=O) groups is 1. The van der Waals surface area contributed by atoms with E-state index in [-0.39, 0.29) is 0 Å². The summed E-state index contributed by atoms with van der Waals surface area (Å²) in [6, 6.07) is 0. The highest BCUT2D eigenvalue weighted by atomic mass is 127. The van der Waals surface area contributed by atoms with Gasteiger partial charge in [-0.15, -0.1) is 0 Å². The van der Waals surface area contributed by atoms with Gasteiger partial charge in [-0.3, -0.25) is 4.79 Å². The number of rotatable bonds is 1. The van der Waals surface area contributed by atoms with Gasteiger partial charge < -0.3 is 0 Å². The van der Waals surface area contributed by atoms with Gasteiger partial charge in [-0.25, -0.2) is 4.39 Å². The van der Waals surface area contributed by atoms with Gasteiger partial charge in [0.2, 0.25) is 9.46 Å². The minimum Gasteiger partial charge on any atom is -0.290 e. The molecule has 1 aliphatic rings. The second-order valence-electron chi connectivity index (χ2n) is 2.39. The van der Waals surface area contributed by atoms with Gasteiger partial charge in [0.15, 0.2) is 0 Å². The van der Waals surface area contributed by atoms with E-state index < -0.39 is 9.46 Å². The zero-order valence-electron chi connectivity index (χ0n) is 6.10. The Morgan fingerprint density at radius 1 is 1.64 bits per heavy atom. The zero-order valence-corrected chi connectivity index (χ0v) is 8.26. The number of halogens is 2. The second kappa shape index (κ2) is 3.05. The molecule has 0 aliphatic heterocycles. The molecule has 0 radical (unpaired) electrons. The third-order valence-electron chi connectivity index (χ3n) is 1.55. The minimum atomic E-state index is -1.81. The topological polar surface area (TPSA) is 17.1 Å². The van der Waals surface area contributed by atoms with Gasteiger partial charge >= 0.3 is 0 Å². The lowest BCUT2D eigenvalue weighted by atomic mass is 10.0. The summed E-state index contributed by atoms with van der Waals surface area (Å²) in [5, 5.41) is 0. The monoisotopic (exact) mass is 266 g/mol. The van der Waals surface area contributed by atoms with Crippen LogP contribution in [0.15, 0.2) is 23.8 Å². The third-order valence-corrected chi connectivity index (χ3v) is 2.40. The van der Waals surface area contributed by atoms with E-state index in [0.717, 1.165) is 12.0 Å². The fourth-order valence-corrected chi connectivity index (χ4v) is 1.45. The molecule has 60 valence electrons. The molecule has 1 nitrogen and oxygen atoms in total. The molecule has 1 atom stereocenters.